The number of hydrogen-bond acceptors (Lipinski definition) is 2. The highest BCUT2D eigenvalue weighted by Gasteiger charge is 2.05. The van der Waals surface area contributed by atoms with Gasteiger partial charge in [0.2, 0.25) is 6.29 Å². The predicted molar refractivity (Wildman–Crippen MR) is 24.9 cm³/mol. The van der Waals surface area contributed by atoms with Crippen LogP contribution >= 0.6 is 0 Å². The van der Waals surface area contributed by atoms with E-state index in [2.05, 4.69) is 6.58 Å². The SMILES string of the molecule is C=CC(N)C([O])O. The number of rotatable bonds is 2. The zero-order valence-electron chi connectivity index (χ0n) is 3.87. The molecule has 0 aliphatic heterocycles. The summed E-state index contributed by atoms with van der Waals surface area (Å²) in [5, 5.41) is 17.9. The van der Waals surface area contributed by atoms with Gasteiger partial charge in [0.05, 0.1) is 6.04 Å². The summed E-state index contributed by atoms with van der Waals surface area (Å²) in [7, 11) is 0. The zero-order valence-corrected chi connectivity index (χ0v) is 3.87. The Bertz CT molecular complexity index is 62.7. The maximum atomic E-state index is 9.82. The lowest BCUT2D eigenvalue weighted by Crippen LogP contribution is -2.30. The topological polar surface area (TPSA) is 66.2 Å². The monoisotopic (exact) mass is 102 g/mol. The molecule has 2 unspecified atom stereocenters. The Morgan fingerprint density at radius 3 is 2.29 bits per heavy atom. The first-order valence-corrected chi connectivity index (χ1v) is 1.90. The number of hydrogen-bond donors (Lipinski definition) is 2. The van der Waals surface area contributed by atoms with Gasteiger partial charge in [0.25, 0.3) is 0 Å². The first-order chi connectivity index (χ1) is 3.18. The van der Waals surface area contributed by atoms with Crippen LogP contribution in [0.5, 0.6) is 0 Å². The molecule has 0 heterocycles. The highest BCUT2D eigenvalue weighted by molar-refractivity contribution is 4.83. The van der Waals surface area contributed by atoms with Crippen molar-refractivity contribution in [3.05, 3.63) is 12.7 Å². The van der Waals surface area contributed by atoms with E-state index in [1.165, 1.54) is 6.08 Å². The third-order valence-electron chi connectivity index (χ3n) is 0.601. The molecular weight excluding hydrogens is 94.0 g/mol. The van der Waals surface area contributed by atoms with E-state index in [9.17, 15) is 5.11 Å². The molecule has 0 aliphatic rings. The van der Waals surface area contributed by atoms with Crippen LogP contribution in [0.25, 0.3) is 0 Å². The standard InChI is InChI=1S/C4H8NO2/c1-2-3(5)4(6)7/h2-4,6H,1,5H2. The lowest BCUT2D eigenvalue weighted by atomic mass is 10.3. The predicted octanol–water partition coefficient (Wildman–Crippen LogP) is -0.751. The van der Waals surface area contributed by atoms with Crippen molar-refractivity contribution >= 4 is 0 Å². The van der Waals surface area contributed by atoms with Gasteiger partial charge in [-0.15, -0.1) is 6.58 Å². The van der Waals surface area contributed by atoms with Crippen LogP contribution in [0.4, 0.5) is 0 Å². The zero-order chi connectivity index (χ0) is 5.86. The molecule has 0 spiro atoms. The number of aliphatic hydroxyl groups is 1. The molecule has 0 aromatic carbocycles. The van der Waals surface area contributed by atoms with Gasteiger partial charge in [-0.05, 0) is 0 Å². The molecule has 0 fully saturated rings. The van der Waals surface area contributed by atoms with E-state index in [1.54, 1.807) is 0 Å². The van der Waals surface area contributed by atoms with Crippen molar-refractivity contribution in [3.8, 4) is 0 Å². The molecule has 0 bridgehead atoms. The van der Waals surface area contributed by atoms with E-state index < -0.39 is 12.3 Å². The van der Waals surface area contributed by atoms with Gasteiger partial charge in [0.15, 0.2) is 0 Å². The summed E-state index contributed by atoms with van der Waals surface area (Å²) in [5.41, 5.74) is 4.94. The Kier molecular flexibility index (Phi) is 2.59. The largest absolute Gasteiger partial charge is 0.364 e. The maximum Gasteiger partial charge on any atom is 0.207 e. The van der Waals surface area contributed by atoms with Crippen LogP contribution in [0.1, 0.15) is 0 Å². The van der Waals surface area contributed by atoms with E-state index in [0.717, 1.165) is 0 Å². The Labute approximate surface area is 42.1 Å². The quantitative estimate of drug-likeness (QED) is 0.356. The molecule has 0 saturated carbocycles. The van der Waals surface area contributed by atoms with E-state index in [4.69, 9.17) is 10.8 Å². The smallest absolute Gasteiger partial charge is 0.207 e. The molecular formula is C4H8NO2. The van der Waals surface area contributed by atoms with Crippen LogP contribution < -0.4 is 5.73 Å². The summed E-state index contributed by atoms with van der Waals surface area (Å²) in [4.78, 5) is 0. The van der Waals surface area contributed by atoms with Gasteiger partial charge >= 0.3 is 0 Å². The van der Waals surface area contributed by atoms with Crippen molar-refractivity contribution in [3.63, 3.8) is 0 Å². The van der Waals surface area contributed by atoms with Gasteiger partial charge in [-0.25, -0.2) is 0 Å². The summed E-state index contributed by atoms with van der Waals surface area (Å²) in [6.07, 6.45) is -0.519. The van der Waals surface area contributed by atoms with E-state index in [0.29, 0.717) is 0 Å². The third kappa shape index (κ3) is 2.33. The molecule has 3 N–H and O–H groups in total. The molecule has 3 nitrogen and oxygen atoms in total. The average molecular weight is 102 g/mol. The molecule has 3 heteroatoms. The molecule has 0 amide bonds. The Morgan fingerprint density at radius 1 is 1.86 bits per heavy atom. The van der Waals surface area contributed by atoms with E-state index in [-0.39, 0.29) is 0 Å². The highest BCUT2D eigenvalue weighted by Crippen LogP contribution is 1.83. The highest BCUT2D eigenvalue weighted by atomic mass is 16.5. The second kappa shape index (κ2) is 2.74. The molecule has 0 rings (SSSR count). The van der Waals surface area contributed by atoms with E-state index in [1.807, 2.05) is 0 Å². The van der Waals surface area contributed by atoms with Gasteiger partial charge in [-0.1, -0.05) is 6.08 Å². The van der Waals surface area contributed by atoms with Crippen molar-refractivity contribution < 1.29 is 10.2 Å². The second-order valence-corrected chi connectivity index (χ2v) is 1.20. The Balaban J connectivity index is 3.33. The first kappa shape index (κ1) is 6.62. The average Bonchev–Trinajstić information content (AvgIpc) is 1.65. The molecule has 7 heavy (non-hydrogen) atoms. The minimum Gasteiger partial charge on any atom is -0.364 e. The fourth-order valence-electron chi connectivity index (χ4n) is 0.116. The lowest BCUT2D eigenvalue weighted by Gasteiger charge is -2.02. The number of aliphatic hydroxyl groups excluding tert-OH is 1. The van der Waals surface area contributed by atoms with Gasteiger partial charge in [0.1, 0.15) is 0 Å². The fourth-order valence-corrected chi connectivity index (χ4v) is 0.116. The maximum absolute atomic E-state index is 9.82. The van der Waals surface area contributed by atoms with E-state index >= 15 is 0 Å². The van der Waals surface area contributed by atoms with Crippen molar-refractivity contribution in [1.29, 1.82) is 0 Å². The molecule has 0 aromatic heterocycles. The molecule has 0 aliphatic carbocycles. The third-order valence-corrected chi connectivity index (χ3v) is 0.601. The van der Waals surface area contributed by atoms with Crippen molar-refractivity contribution in [1.82, 2.24) is 0 Å². The minimum absolute atomic E-state index is 0.833. The van der Waals surface area contributed by atoms with Crippen LogP contribution in [0, 0.1) is 0 Å². The van der Waals surface area contributed by atoms with Gasteiger partial charge < -0.3 is 10.8 Å². The summed E-state index contributed by atoms with van der Waals surface area (Å²) in [6.45, 7) is 3.20. The lowest BCUT2D eigenvalue weighted by molar-refractivity contribution is -0.0977. The van der Waals surface area contributed by atoms with Crippen LogP contribution in [0.3, 0.4) is 0 Å². The Morgan fingerprint density at radius 2 is 2.29 bits per heavy atom. The Hall–Kier alpha value is -0.380. The van der Waals surface area contributed by atoms with Crippen LogP contribution in [0.15, 0.2) is 12.7 Å². The molecule has 2 atom stereocenters. The van der Waals surface area contributed by atoms with Gasteiger partial charge in [-0.3, -0.25) is 0 Å². The van der Waals surface area contributed by atoms with Crippen LogP contribution in [-0.4, -0.2) is 17.4 Å². The molecule has 0 saturated heterocycles. The summed E-state index contributed by atoms with van der Waals surface area (Å²) < 4.78 is 0. The minimum atomic E-state index is -1.72. The number of nitrogens with two attached hydrogens (primary N) is 1. The fraction of sp³-hybridized carbons (Fsp3) is 0.500. The summed E-state index contributed by atoms with van der Waals surface area (Å²) in [5.74, 6) is 0. The molecule has 0 aromatic rings. The van der Waals surface area contributed by atoms with Crippen LogP contribution in [0.2, 0.25) is 0 Å². The normalized spacial score (nSPS) is 14.3. The summed E-state index contributed by atoms with van der Waals surface area (Å²) >= 11 is 0. The van der Waals surface area contributed by atoms with Crippen molar-refractivity contribution in [2.45, 2.75) is 12.3 Å². The van der Waals surface area contributed by atoms with Crippen LogP contribution in [-0.2, 0) is 5.11 Å². The van der Waals surface area contributed by atoms with Gasteiger partial charge in [0, 0.05) is 0 Å². The van der Waals surface area contributed by atoms with Crippen molar-refractivity contribution in [2.24, 2.45) is 5.73 Å². The first-order valence-electron chi connectivity index (χ1n) is 1.90. The summed E-state index contributed by atoms with van der Waals surface area (Å²) in [6, 6.07) is -0.833. The van der Waals surface area contributed by atoms with Crippen molar-refractivity contribution in [2.75, 3.05) is 0 Å². The van der Waals surface area contributed by atoms with Gasteiger partial charge in [-0.2, -0.15) is 5.11 Å². The molecule has 1 radical (unpaired) electrons. The second-order valence-electron chi connectivity index (χ2n) is 1.20. The molecule has 41 valence electrons.